The number of hydrogen-bond donors (Lipinski definition) is 1. The largest absolute Gasteiger partial charge is 0.399 e. The lowest BCUT2D eigenvalue weighted by Gasteiger charge is -2.39. The van der Waals surface area contributed by atoms with Gasteiger partial charge >= 0.3 is 0 Å². The second-order valence-corrected chi connectivity index (χ2v) is 5.52. The van der Waals surface area contributed by atoms with Crippen molar-refractivity contribution < 1.29 is 9.53 Å². The Bertz CT molecular complexity index is 496. The van der Waals surface area contributed by atoms with Gasteiger partial charge in [-0.1, -0.05) is 12.1 Å². The van der Waals surface area contributed by atoms with Crippen molar-refractivity contribution in [2.45, 2.75) is 25.4 Å². The zero-order valence-electron chi connectivity index (χ0n) is 12.1. The van der Waals surface area contributed by atoms with E-state index in [0.717, 1.165) is 30.6 Å². The monoisotopic (exact) mass is 274 g/mol. The summed E-state index contributed by atoms with van der Waals surface area (Å²) in [6, 6.07) is 7.45. The zero-order chi connectivity index (χ0) is 14.6. The molecule has 0 bridgehead atoms. The molecule has 1 aliphatic rings. The van der Waals surface area contributed by atoms with Gasteiger partial charge in [0.25, 0.3) is 0 Å². The van der Waals surface area contributed by atoms with E-state index in [-0.39, 0.29) is 11.5 Å². The van der Waals surface area contributed by atoms with E-state index in [1.165, 1.54) is 0 Å². The van der Waals surface area contributed by atoms with Gasteiger partial charge in [0.1, 0.15) is 0 Å². The van der Waals surface area contributed by atoms with Gasteiger partial charge in [0.05, 0.1) is 5.60 Å². The molecule has 20 heavy (non-hydrogen) atoms. The lowest BCUT2D eigenvalue weighted by molar-refractivity contribution is -0.133. The third-order valence-corrected chi connectivity index (χ3v) is 3.82. The molecule has 0 aromatic heterocycles. The van der Waals surface area contributed by atoms with E-state index in [1.807, 2.05) is 35.2 Å². The third-order valence-electron chi connectivity index (χ3n) is 3.82. The van der Waals surface area contributed by atoms with Crippen LogP contribution in [0.1, 0.15) is 25.3 Å². The van der Waals surface area contributed by atoms with Gasteiger partial charge in [0.15, 0.2) is 0 Å². The molecule has 1 aromatic carbocycles. The zero-order valence-corrected chi connectivity index (χ0v) is 12.1. The van der Waals surface area contributed by atoms with Crippen LogP contribution in [0.2, 0.25) is 0 Å². The van der Waals surface area contributed by atoms with Gasteiger partial charge in [-0.05, 0) is 43.5 Å². The van der Waals surface area contributed by atoms with Crippen LogP contribution >= 0.6 is 0 Å². The number of rotatable bonds is 3. The molecular formula is C16H22N2O2. The minimum Gasteiger partial charge on any atom is -0.399 e. The number of benzene rings is 1. The second-order valence-electron chi connectivity index (χ2n) is 5.52. The van der Waals surface area contributed by atoms with Crippen LogP contribution in [0.5, 0.6) is 0 Å². The molecular weight excluding hydrogens is 252 g/mol. The highest BCUT2D eigenvalue weighted by atomic mass is 16.5. The Kier molecular flexibility index (Phi) is 4.45. The maximum Gasteiger partial charge on any atom is 0.246 e. The molecule has 4 nitrogen and oxygen atoms in total. The van der Waals surface area contributed by atoms with Crippen LogP contribution in [0.4, 0.5) is 5.69 Å². The summed E-state index contributed by atoms with van der Waals surface area (Å²) in [5.41, 5.74) is 7.11. The Balaban J connectivity index is 1.99. The maximum atomic E-state index is 12.2. The standard InChI is InChI=1S/C16H22N2O2/c1-16(20-2)10-3-11-18(12-16)15(19)9-6-13-4-7-14(17)8-5-13/h4-9H,3,10-12,17H2,1-2H3/b9-6+. The minimum atomic E-state index is -0.219. The highest BCUT2D eigenvalue weighted by Crippen LogP contribution is 2.24. The van der Waals surface area contributed by atoms with E-state index >= 15 is 0 Å². The van der Waals surface area contributed by atoms with E-state index in [0.29, 0.717) is 6.54 Å². The molecule has 2 rings (SSSR count). The van der Waals surface area contributed by atoms with Crippen LogP contribution in [-0.4, -0.2) is 36.6 Å². The Morgan fingerprint density at radius 3 is 2.75 bits per heavy atom. The summed E-state index contributed by atoms with van der Waals surface area (Å²) in [6.07, 6.45) is 5.41. The number of hydrogen-bond acceptors (Lipinski definition) is 3. The summed E-state index contributed by atoms with van der Waals surface area (Å²) >= 11 is 0. The van der Waals surface area contributed by atoms with Gasteiger partial charge in [-0.3, -0.25) is 4.79 Å². The molecule has 1 heterocycles. The first-order valence-electron chi connectivity index (χ1n) is 6.90. The number of anilines is 1. The van der Waals surface area contributed by atoms with Gasteiger partial charge < -0.3 is 15.4 Å². The highest BCUT2D eigenvalue weighted by Gasteiger charge is 2.32. The Labute approximate surface area is 120 Å². The molecule has 0 saturated carbocycles. The van der Waals surface area contributed by atoms with Crippen molar-refractivity contribution in [3.05, 3.63) is 35.9 Å². The number of nitrogens with zero attached hydrogens (tertiary/aromatic N) is 1. The van der Waals surface area contributed by atoms with Crippen LogP contribution < -0.4 is 5.73 Å². The minimum absolute atomic E-state index is 0.0322. The second kappa shape index (κ2) is 6.09. The Morgan fingerprint density at radius 1 is 1.40 bits per heavy atom. The number of nitrogen functional groups attached to an aromatic ring is 1. The highest BCUT2D eigenvalue weighted by molar-refractivity contribution is 5.91. The predicted octanol–water partition coefficient (Wildman–Crippen LogP) is 2.31. The smallest absolute Gasteiger partial charge is 0.246 e. The average Bonchev–Trinajstić information content (AvgIpc) is 2.46. The number of carbonyl (C=O) groups excluding carboxylic acids is 1. The number of nitrogens with two attached hydrogens (primary N) is 1. The number of carbonyl (C=O) groups is 1. The van der Waals surface area contributed by atoms with Crippen molar-refractivity contribution in [1.29, 1.82) is 0 Å². The summed E-state index contributed by atoms with van der Waals surface area (Å²) in [7, 11) is 1.71. The van der Waals surface area contributed by atoms with E-state index < -0.39 is 0 Å². The van der Waals surface area contributed by atoms with Gasteiger partial charge in [-0.25, -0.2) is 0 Å². The molecule has 1 aliphatic heterocycles. The van der Waals surface area contributed by atoms with Gasteiger partial charge in [0, 0.05) is 32.0 Å². The van der Waals surface area contributed by atoms with Crippen molar-refractivity contribution in [3.8, 4) is 0 Å². The quantitative estimate of drug-likeness (QED) is 0.679. The summed E-state index contributed by atoms with van der Waals surface area (Å²) in [5.74, 6) is 0.0322. The lowest BCUT2D eigenvalue weighted by Crippen LogP contribution is -2.49. The number of piperidine rings is 1. The number of amides is 1. The van der Waals surface area contributed by atoms with Crippen molar-refractivity contribution >= 4 is 17.7 Å². The molecule has 1 unspecified atom stereocenters. The van der Waals surface area contributed by atoms with Crippen LogP contribution in [0.25, 0.3) is 6.08 Å². The van der Waals surface area contributed by atoms with Gasteiger partial charge in [-0.2, -0.15) is 0 Å². The molecule has 0 aliphatic carbocycles. The van der Waals surface area contributed by atoms with Crippen molar-refractivity contribution in [3.63, 3.8) is 0 Å². The molecule has 1 aromatic rings. The van der Waals surface area contributed by atoms with Crippen molar-refractivity contribution in [2.24, 2.45) is 0 Å². The molecule has 0 radical (unpaired) electrons. The van der Waals surface area contributed by atoms with E-state index in [1.54, 1.807) is 13.2 Å². The number of likely N-dealkylation sites (tertiary alicyclic amines) is 1. The summed E-state index contributed by atoms with van der Waals surface area (Å²) in [5, 5.41) is 0. The van der Waals surface area contributed by atoms with Crippen LogP contribution in [0, 0.1) is 0 Å². The third kappa shape index (κ3) is 3.61. The first-order chi connectivity index (χ1) is 9.52. The van der Waals surface area contributed by atoms with Crippen molar-refractivity contribution in [1.82, 2.24) is 4.90 Å². The molecule has 1 fully saturated rings. The molecule has 2 N–H and O–H groups in total. The first-order valence-corrected chi connectivity index (χ1v) is 6.90. The fourth-order valence-electron chi connectivity index (χ4n) is 2.44. The van der Waals surface area contributed by atoms with Crippen LogP contribution in [0.3, 0.4) is 0 Å². The SMILES string of the molecule is COC1(C)CCCN(C(=O)/C=C/c2ccc(N)cc2)C1. The molecule has 1 amide bonds. The molecule has 1 saturated heterocycles. The van der Waals surface area contributed by atoms with Gasteiger partial charge in [0.2, 0.25) is 5.91 Å². The van der Waals surface area contributed by atoms with E-state index in [9.17, 15) is 4.79 Å². The van der Waals surface area contributed by atoms with E-state index in [4.69, 9.17) is 10.5 Å². The van der Waals surface area contributed by atoms with Crippen molar-refractivity contribution in [2.75, 3.05) is 25.9 Å². The van der Waals surface area contributed by atoms with E-state index in [2.05, 4.69) is 6.92 Å². The fraction of sp³-hybridized carbons (Fsp3) is 0.438. The van der Waals surface area contributed by atoms with Gasteiger partial charge in [-0.15, -0.1) is 0 Å². The molecule has 4 heteroatoms. The summed E-state index contributed by atoms with van der Waals surface area (Å²) < 4.78 is 5.50. The average molecular weight is 274 g/mol. The Hall–Kier alpha value is -1.81. The molecule has 108 valence electrons. The lowest BCUT2D eigenvalue weighted by atomic mass is 9.94. The van der Waals surface area contributed by atoms with Crippen LogP contribution in [-0.2, 0) is 9.53 Å². The predicted molar refractivity (Wildman–Crippen MR) is 81.1 cm³/mol. The fourth-order valence-corrected chi connectivity index (χ4v) is 2.44. The topological polar surface area (TPSA) is 55.6 Å². The molecule has 0 spiro atoms. The first kappa shape index (κ1) is 14.6. The van der Waals surface area contributed by atoms with Crippen LogP contribution in [0.15, 0.2) is 30.3 Å². The maximum absolute atomic E-state index is 12.2. The summed E-state index contributed by atoms with van der Waals surface area (Å²) in [4.78, 5) is 14.0. The Morgan fingerprint density at radius 2 is 2.10 bits per heavy atom. The normalized spacial score (nSPS) is 23.2. The molecule has 1 atom stereocenters. The number of ether oxygens (including phenoxy) is 1. The number of methoxy groups -OCH3 is 1. The summed E-state index contributed by atoms with van der Waals surface area (Å²) in [6.45, 7) is 3.49.